The second-order valence-electron chi connectivity index (χ2n) is 4.63. The fraction of sp³-hybridized carbons (Fsp3) is 0.333. The van der Waals surface area contributed by atoms with Gasteiger partial charge >= 0.3 is 5.97 Å². The van der Waals surface area contributed by atoms with Gasteiger partial charge in [-0.3, -0.25) is 9.59 Å². The molecule has 1 aromatic rings. The Labute approximate surface area is 107 Å². The molecule has 0 saturated carbocycles. The lowest BCUT2D eigenvalue weighted by molar-refractivity contribution is -0.138. The molecule has 0 atom stereocenters. The Morgan fingerprint density at radius 2 is 1.79 bits per heavy atom. The van der Waals surface area contributed by atoms with Crippen LogP contribution in [-0.2, 0) is 4.79 Å². The predicted octanol–water partition coefficient (Wildman–Crippen LogP) is 2.09. The Hall–Kier alpha value is -2.05. The Morgan fingerprint density at radius 3 is 2.32 bits per heavy atom. The zero-order valence-corrected chi connectivity index (χ0v) is 10.3. The number of halogens is 3. The molecular formula is C12H12F3NO3. The summed E-state index contributed by atoms with van der Waals surface area (Å²) >= 11 is 0. The van der Waals surface area contributed by atoms with Gasteiger partial charge in [0.2, 0.25) is 0 Å². The number of amides is 1. The van der Waals surface area contributed by atoms with Crippen molar-refractivity contribution in [2.45, 2.75) is 25.8 Å². The quantitative estimate of drug-likeness (QED) is 0.827. The van der Waals surface area contributed by atoms with Crippen LogP contribution in [0.5, 0.6) is 0 Å². The Kier molecular flexibility index (Phi) is 4.18. The number of carbonyl (C=O) groups excluding carboxylic acids is 1. The molecule has 0 heterocycles. The summed E-state index contributed by atoms with van der Waals surface area (Å²) in [4.78, 5) is 22.3. The lowest BCUT2D eigenvalue weighted by Crippen LogP contribution is -2.45. The zero-order chi connectivity index (χ0) is 14.8. The van der Waals surface area contributed by atoms with E-state index < -0.39 is 46.9 Å². The minimum Gasteiger partial charge on any atom is -0.481 e. The molecular weight excluding hydrogens is 263 g/mol. The summed E-state index contributed by atoms with van der Waals surface area (Å²) in [5.74, 6) is -6.93. The summed E-state index contributed by atoms with van der Waals surface area (Å²) < 4.78 is 39.0. The summed E-state index contributed by atoms with van der Waals surface area (Å²) in [6.07, 6.45) is -0.399. The molecule has 1 aromatic carbocycles. The van der Waals surface area contributed by atoms with Gasteiger partial charge in [-0.15, -0.1) is 0 Å². The van der Waals surface area contributed by atoms with Crippen LogP contribution >= 0.6 is 0 Å². The smallest absolute Gasteiger partial charge is 0.305 e. The van der Waals surface area contributed by atoms with Crippen LogP contribution in [0, 0.1) is 17.5 Å². The van der Waals surface area contributed by atoms with Gasteiger partial charge < -0.3 is 10.4 Å². The van der Waals surface area contributed by atoms with Crippen molar-refractivity contribution in [2.24, 2.45) is 0 Å². The van der Waals surface area contributed by atoms with Crippen molar-refractivity contribution < 1.29 is 27.9 Å². The number of rotatable bonds is 4. The van der Waals surface area contributed by atoms with Crippen molar-refractivity contribution in [3.05, 3.63) is 35.1 Å². The third-order valence-corrected chi connectivity index (χ3v) is 2.32. The van der Waals surface area contributed by atoms with Crippen LogP contribution in [0.1, 0.15) is 30.6 Å². The number of hydrogen-bond donors (Lipinski definition) is 2. The maximum absolute atomic E-state index is 13.4. The summed E-state index contributed by atoms with van der Waals surface area (Å²) in [5, 5.41) is 10.9. The summed E-state index contributed by atoms with van der Waals surface area (Å²) in [6, 6.07) is 1.41. The summed E-state index contributed by atoms with van der Waals surface area (Å²) in [6.45, 7) is 2.83. The number of benzene rings is 1. The molecule has 1 rings (SSSR count). The molecule has 0 aromatic heterocycles. The van der Waals surface area contributed by atoms with Gasteiger partial charge in [0.05, 0.1) is 12.0 Å². The van der Waals surface area contributed by atoms with E-state index in [-0.39, 0.29) is 0 Å². The van der Waals surface area contributed by atoms with Gasteiger partial charge in [-0.1, -0.05) is 0 Å². The van der Waals surface area contributed by atoms with Crippen molar-refractivity contribution in [3.8, 4) is 0 Å². The molecule has 0 saturated heterocycles. The van der Waals surface area contributed by atoms with E-state index in [0.717, 1.165) is 6.07 Å². The van der Waals surface area contributed by atoms with Crippen LogP contribution < -0.4 is 5.32 Å². The van der Waals surface area contributed by atoms with Crippen molar-refractivity contribution in [1.29, 1.82) is 0 Å². The van der Waals surface area contributed by atoms with Crippen LogP contribution in [-0.4, -0.2) is 22.5 Å². The van der Waals surface area contributed by atoms with Crippen LogP contribution in [0.4, 0.5) is 13.2 Å². The first-order valence-electron chi connectivity index (χ1n) is 5.32. The van der Waals surface area contributed by atoms with Gasteiger partial charge in [0.1, 0.15) is 0 Å². The molecule has 0 aliphatic carbocycles. The Bertz CT molecular complexity index is 529. The summed E-state index contributed by atoms with van der Waals surface area (Å²) in [7, 11) is 0. The van der Waals surface area contributed by atoms with Crippen LogP contribution in [0.25, 0.3) is 0 Å². The van der Waals surface area contributed by atoms with Gasteiger partial charge in [0, 0.05) is 5.54 Å². The third kappa shape index (κ3) is 3.70. The largest absolute Gasteiger partial charge is 0.481 e. The van der Waals surface area contributed by atoms with Gasteiger partial charge in [0.15, 0.2) is 17.5 Å². The number of carboxylic acids is 1. The maximum Gasteiger partial charge on any atom is 0.305 e. The molecule has 4 nitrogen and oxygen atoms in total. The van der Waals surface area contributed by atoms with E-state index in [9.17, 15) is 22.8 Å². The monoisotopic (exact) mass is 275 g/mol. The number of hydrogen-bond acceptors (Lipinski definition) is 2. The highest BCUT2D eigenvalue weighted by Gasteiger charge is 2.27. The molecule has 7 heteroatoms. The third-order valence-electron chi connectivity index (χ3n) is 2.32. The molecule has 0 aliphatic rings. The fourth-order valence-corrected chi connectivity index (χ4v) is 1.50. The van der Waals surface area contributed by atoms with Crippen molar-refractivity contribution in [2.75, 3.05) is 0 Å². The van der Waals surface area contributed by atoms with Crippen molar-refractivity contribution >= 4 is 11.9 Å². The van der Waals surface area contributed by atoms with E-state index in [0.29, 0.717) is 6.07 Å². The number of nitrogens with one attached hydrogen (secondary N) is 1. The molecule has 0 aliphatic heterocycles. The van der Waals surface area contributed by atoms with Gasteiger partial charge in [-0.25, -0.2) is 13.2 Å². The van der Waals surface area contributed by atoms with Crippen LogP contribution in [0.15, 0.2) is 12.1 Å². The highest BCUT2D eigenvalue weighted by Crippen LogP contribution is 2.17. The van der Waals surface area contributed by atoms with Crippen molar-refractivity contribution in [1.82, 2.24) is 5.32 Å². The summed E-state index contributed by atoms with van der Waals surface area (Å²) in [5.41, 5.74) is -1.84. The first-order valence-corrected chi connectivity index (χ1v) is 5.32. The van der Waals surface area contributed by atoms with Crippen LogP contribution in [0.2, 0.25) is 0 Å². The van der Waals surface area contributed by atoms with Gasteiger partial charge in [0.25, 0.3) is 5.91 Å². The van der Waals surface area contributed by atoms with Crippen LogP contribution in [0.3, 0.4) is 0 Å². The van der Waals surface area contributed by atoms with Crippen molar-refractivity contribution in [3.63, 3.8) is 0 Å². The number of carbonyl (C=O) groups is 2. The van der Waals surface area contributed by atoms with E-state index in [4.69, 9.17) is 5.11 Å². The van der Waals surface area contributed by atoms with E-state index in [1.165, 1.54) is 13.8 Å². The predicted molar refractivity (Wildman–Crippen MR) is 60.1 cm³/mol. The topological polar surface area (TPSA) is 66.4 Å². The van der Waals surface area contributed by atoms with E-state index in [1.54, 1.807) is 0 Å². The highest BCUT2D eigenvalue weighted by atomic mass is 19.2. The number of carboxylic acid groups (broad SMARTS) is 1. The zero-order valence-electron chi connectivity index (χ0n) is 10.3. The minimum absolute atomic E-state index is 0.399. The molecule has 1 amide bonds. The van der Waals surface area contributed by atoms with E-state index in [1.807, 2.05) is 0 Å². The Morgan fingerprint density at radius 1 is 1.21 bits per heavy atom. The molecule has 0 bridgehead atoms. The second-order valence-corrected chi connectivity index (χ2v) is 4.63. The van der Waals surface area contributed by atoms with Gasteiger partial charge in [-0.05, 0) is 26.0 Å². The average Bonchev–Trinajstić information content (AvgIpc) is 2.23. The molecule has 19 heavy (non-hydrogen) atoms. The molecule has 0 radical (unpaired) electrons. The lowest BCUT2D eigenvalue weighted by Gasteiger charge is -2.24. The second kappa shape index (κ2) is 5.29. The standard InChI is InChI=1S/C12H12F3NO3/c1-12(2,5-8(17)18)16-11(19)6-3-4-7(13)10(15)9(6)14/h3-4H,5H2,1-2H3,(H,16,19)(H,17,18). The molecule has 2 N–H and O–H groups in total. The van der Waals surface area contributed by atoms with E-state index in [2.05, 4.69) is 5.32 Å². The Balaban J connectivity index is 2.96. The minimum atomic E-state index is -1.75. The molecule has 104 valence electrons. The maximum atomic E-state index is 13.4. The normalized spacial score (nSPS) is 11.2. The van der Waals surface area contributed by atoms with Gasteiger partial charge in [-0.2, -0.15) is 0 Å². The number of aliphatic carboxylic acids is 1. The SMILES string of the molecule is CC(C)(CC(=O)O)NC(=O)c1ccc(F)c(F)c1F. The first-order chi connectivity index (χ1) is 8.64. The first kappa shape index (κ1) is 15.0. The fourth-order valence-electron chi connectivity index (χ4n) is 1.50. The highest BCUT2D eigenvalue weighted by molar-refractivity contribution is 5.95. The molecule has 0 spiro atoms. The van der Waals surface area contributed by atoms with E-state index >= 15 is 0 Å². The average molecular weight is 275 g/mol. The molecule has 0 unspecified atom stereocenters. The molecule has 0 fully saturated rings. The lowest BCUT2D eigenvalue weighted by atomic mass is 10.00.